The van der Waals surface area contributed by atoms with Crippen molar-refractivity contribution in [2.24, 2.45) is 0 Å². The Balaban J connectivity index is 2.18. The van der Waals surface area contributed by atoms with Crippen molar-refractivity contribution >= 4 is 23.4 Å². The molecule has 1 aliphatic rings. The molecule has 0 saturated carbocycles. The van der Waals surface area contributed by atoms with Gasteiger partial charge >= 0.3 is 0 Å². The number of benzene rings is 1. The average Bonchev–Trinajstić information content (AvgIpc) is 2.20. The zero-order valence-corrected chi connectivity index (χ0v) is 8.81. The summed E-state index contributed by atoms with van der Waals surface area (Å²) in [4.78, 5) is 0. The Morgan fingerprint density at radius 1 is 1.38 bits per heavy atom. The third-order valence-electron chi connectivity index (χ3n) is 2.12. The maximum atomic E-state index is 6.10. The Labute approximate surface area is 87.9 Å². The predicted molar refractivity (Wildman–Crippen MR) is 58.5 cm³/mol. The molecular formula is C10H11ClNS. The highest BCUT2D eigenvalue weighted by atomic mass is 35.5. The van der Waals surface area contributed by atoms with Gasteiger partial charge in [-0.05, 0) is 11.6 Å². The molecule has 0 bridgehead atoms. The molecule has 1 heterocycles. The van der Waals surface area contributed by atoms with E-state index in [0.717, 1.165) is 23.9 Å². The van der Waals surface area contributed by atoms with Gasteiger partial charge in [0.2, 0.25) is 0 Å². The number of nitrogens with zero attached hydrogens (tertiary/aromatic N) is 1. The van der Waals surface area contributed by atoms with Crippen LogP contribution >= 0.6 is 23.4 Å². The van der Waals surface area contributed by atoms with Crippen LogP contribution in [0.15, 0.2) is 24.3 Å². The molecule has 1 saturated heterocycles. The second-order valence-electron chi connectivity index (χ2n) is 3.01. The van der Waals surface area contributed by atoms with Gasteiger partial charge in [-0.3, -0.25) is 0 Å². The van der Waals surface area contributed by atoms with Crippen LogP contribution in [0.4, 0.5) is 0 Å². The first-order valence-corrected chi connectivity index (χ1v) is 5.80. The van der Waals surface area contributed by atoms with Crippen LogP contribution in [0, 0.1) is 0 Å². The van der Waals surface area contributed by atoms with Gasteiger partial charge in [-0.25, -0.2) is 5.32 Å². The zero-order chi connectivity index (χ0) is 9.10. The fraction of sp³-hybridized carbons (Fsp3) is 0.400. The minimum Gasteiger partial charge on any atom is -0.239 e. The lowest BCUT2D eigenvalue weighted by atomic mass is 10.1. The normalized spacial score (nSPS) is 23.0. The van der Waals surface area contributed by atoms with Gasteiger partial charge in [0, 0.05) is 29.1 Å². The van der Waals surface area contributed by atoms with Crippen LogP contribution in [0.5, 0.6) is 0 Å². The number of halogens is 1. The molecule has 2 rings (SSSR count). The van der Waals surface area contributed by atoms with E-state index in [9.17, 15) is 0 Å². The minimum absolute atomic E-state index is 0.474. The first kappa shape index (κ1) is 9.38. The highest BCUT2D eigenvalue weighted by Crippen LogP contribution is 2.34. The third kappa shape index (κ3) is 2.19. The molecule has 1 aliphatic heterocycles. The zero-order valence-electron chi connectivity index (χ0n) is 7.24. The maximum Gasteiger partial charge on any atom is 0.0453 e. The van der Waals surface area contributed by atoms with Gasteiger partial charge in [-0.15, -0.1) is 0 Å². The van der Waals surface area contributed by atoms with E-state index in [0.29, 0.717) is 5.25 Å². The Bertz CT molecular complexity index is 284. The van der Waals surface area contributed by atoms with E-state index < -0.39 is 0 Å². The standard InChI is InChI=1S/C10H11ClNS/c11-9-4-2-1-3-8(9)10-7-12-5-6-13-10/h1-4,10H,5-7H2. The molecular weight excluding hydrogens is 202 g/mol. The van der Waals surface area contributed by atoms with E-state index in [2.05, 4.69) is 11.4 Å². The van der Waals surface area contributed by atoms with E-state index in [-0.39, 0.29) is 0 Å². The van der Waals surface area contributed by atoms with Crippen molar-refractivity contribution in [1.29, 1.82) is 0 Å². The molecule has 1 unspecified atom stereocenters. The van der Waals surface area contributed by atoms with Crippen molar-refractivity contribution in [3.8, 4) is 0 Å². The third-order valence-corrected chi connectivity index (χ3v) is 3.68. The van der Waals surface area contributed by atoms with Crippen molar-refractivity contribution in [2.75, 3.05) is 18.8 Å². The average molecular weight is 213 g/mol. The van der Waals surface area contributed by atoms with E-state index in [1.165, 1.54) is 5.56 Å². The first-order chi connectivity index (χ1) is 6.38. The fourth-order valence-corrected chi connectivity index (χ4v) is 2.89. The molecule has 1 nitrogen and oxygen atoms in total. The summed E-state index contributed by atoms with van der Waals surface area (Å²) in [5, 5.41) is 5.74. The van der Waals surface area contributed by atoms with Crippen LogP contribution in [-0.2, 0) is 0 Å². The summed E-state index contributed by atoms with van der Waals surface area (Å²) in [7, 11) is 0. The molecule has 1 radical (unpaired) electrons. The highest BCUT2D eigenvalue weighted by molar-refractivity contribution is 7.99. The second kappa shape index (κ2) is 4.36. The van der Waals surface area contributed by atoms with Gasteiger partial charge < -0.3 is 0 Å². The molecule has 0 amide bonds. The molecule has 69 valence electrons. The molecule has 1 aromatic carbocycles. The predicted octanol–water partition coefficient (Wildman–Crippen LogP) is 2.73. The minimum atomic E-state index is 0.474. The summed E-state index contributed by atoms with van der Waals surface area (Å²) in [6.07, 6.45) is 0. The van der Waals surface area contributed by atoms with Crippen LogP contribution in [0.1, 0.15) is 10.8 Å². The van der Waals surface area contributed by atoms with Gasteiger partial charge in [-0.1, -0.05) is 29.8 Å². The molecule has 13 heavy (non-hydrogen) atoms. The topological polar surface area (TPSA) is 14.1 Å². The summed E-state index contributed by atoms with van der Waals surface area (Å²) >= 11 is 8.05. The van der Waals surface area contributed by atoms with Crippen LogP contribution in [0.25, 0.3) is 0 Å². The Hall–Kier alpha value is -0.180. The summed E-state index contributed by atoms with van der Waals surface area (Å²) in [5.41, 5.74) is 1.23. The SMILES string of the molecule is Clc1ccccc1C1C[N]CCS1. The lowest BCUT2D eigenvalue weighted by Crippen LogP contribution is -2.22. The Morgan fingerprint density at radius 3 is 2.92 bits per heavy atom. The molecule has 1 aromatic rings. The summed E-state index contributed by atoms with van der Waals surface area (Å²) in [6, 6.07) is 8.06. The van der Waals surface area contributed by atoms with E-state index >= 15 is 0 Å². The highest BCUT2D eigenvalue weighted by Gasteiger charge is 2.18. The van der Waals surface area contributed by atoms with Crippen LogP contribution in [0.3, 0.4) is 0 Å². The van der Waals surface area contributed by atoms with E-state index in [1.807, 2.05) is 30.0 Å². The van der Waals surface area contributed by atoms with Crippen LogP contribution in [-0.4, -0.2) is 18.8 Å². The molecule has 1 fully saturated rings. The largest absolute Gasteiger partial charge is 0.239 e. The van der Waals surface area contributed by atoms with Crippen molar-refractivity contribution in [3.63, 3.8) is 0 Å². The van der Waals surface area contributed by atoms with Gasteiger partial charge in [0.05, 0.1) is 0 Å². The first-order valence-electron chi connectivity index (χ1n) is 4.37. The second-order valence-corrected chi connectivity index (χ2v) is 4.73. The van der Waals surface area contributed by atoms with Gasteiger partial charge in [0.15, 0.2) is 0 Å². The molecule has 0 aliphatic carbocycles. The smallest absolute Gasteiger partial charge is 0.0453 e. The van der Waals surface area contributed by atoms with E-state index in [4.69, 9.17) is 11.6 Å². The van der Waals surface area contributed by atoms with Crippen molar-refractivity contribution < 1.29 is 0 Å². The monoisotopic (exact) mass is 212 g/mol. The number of rotatable bonds is 1. The van der Waals surface area contributed by atoms with E-state index in [1.54, 1.807) is 0 Å². The molecule has 0 spiro atoms. The lowest BCUT2D eigenvalue weighted by Gasteiger charge is -2.22. The molecule has 3 heteroatoms. The van der Waals surface area contributed by atoms with Crippen molar-refractivity contribution in [1.82, 2.24) is 5.32 Å². The number of hydrogen-bond acceptors (Lipinski definition) is 1. The molecule has 0 N–H and O–H groups in total. The Morgan fingerprint density at radius 2 is 2.23 bits per heavy atom. The Kier molecular flexibility index (Phi) is 3.14. The van der Waals surface area contributed by atoms with Gasteiger partial charge in [-0.2, -0.15) is 11.8 Å². The molecule has 1 atom stereocenters. The van der Waals surface area contributed by atoms with Crippen molar-refractivity contribution in [2.45, 2.75) is 5.25 Å². The molecule has 0 aromatic heterocycles. The maximum absolute atomic E-state index is 6.10. The quantitative estimate of drug-likeness (QED) is 0.698. The fourth-order valence-electron chi connectivity index (χ4n) is 1.45. The van der Waals surface area contributed by atoms with Crippen LogP contribution < -0.4 is 5.32 Å². The summed E-state index contributed by atoms with van der Waals surface area (Å²) < 4.78 is 0. The van der Waals surface area contributed by atoms with Gasteiger partial charge in [0.1, 0.15) is 0 Å². The lowest BCUT2D eigenvalue weighted by molar-refractivity contribution is 0.675. The van der Waals surface area contributed by atoms with Crippen LogP contribution in [0.2, 0.25) is 5.02 Å². The van der Waals surface area contributed by atoms with Crippen molar-refractivity contribution in [3.05, 3.63) is 34.9 Å². The number of thioether (sulfide) groups is 1. The summed E-state index contributed by atoms with van der Waals surface area (Å²) in [5.74, 6) is 1.12. The van der Waals surface area contributed by atoms with Gasteiger partial charge in [0.25, 0.3) is 0 Å². The number of hydrogen-bond donors (Lipinski definition) is 0. The summed E-state index contributed by atoms with van der Waals surface area (Å²) in [6.45, 7) is 1.90.